The van der Waals surface area contributed by atoms with Crippen molar-refractivity contribution >= 4 is 24.4 Å². The van der Waals surface area contributed by atoms with Gasteiger partial charge in [-0.15, -0.1) is 0 Å². The Morgan fingerprint density at radius 3 is 2.05 bits per heavy atom. The van der Waals surface area contributed by atoms with E-state index in [9.17, 15) is 4.79 Å². The summed E-state index contributed by atoms with van der Waals surface area (Å²) in [5.41, 5.74) is -0.0603. The largest absolute Gasteiger partial charge is 0.498 e. The molecular weight excluding hydrogens is 245 g/mol. The van der Waals surface area contributed by atoms with Crippen LogP contribution in [-0.2, 0) is 14.1 Å². The number of aromatic nitrogens is 2. The monoisotopic (exact) mass is 263 g/mol. The number of carbonyl (C=O) groups excluding carboxylic acids is 1. The van der Waals surface area contributed by atoms with E-state index in [1.54, 1.807) is 12.4 Å². The molecule has 0 radical (unpaired) electrons. The molecule has 1 N–H and O–H groups in total. The Hall–Kier alpha value is -1.47. The van der Waals surface area contributed by atoms with Crippen molar-refractivity contribution in [3.8, 4) is 0 Å². The Balaban J connectivity index is 2.14. The molecule has 1 aromatic heterocycles. The Kier molecular flexibility index (Phi) is 3.36. The van der Waals surface area contributed by atoms with Gasteiger partial charge in [-0.25, -0.2) is 9.97 Å². The van der Waals surface area contributed by atoms with E-state index < -0.39 is 18.3 Å². The first-order valence-electron chi connectivity index (χ1n) is 6.16. The van der Waals surface area contributed by atoms with Crippen molar-refractivity contribution < 1.29 is 14.1 Å². The van der Waals surface area contributed by atoms with Crippen molar-refractivity contribution in [1.82, 2.24) is 9.97 Å². The second kappa shape index (κ2) is 4.57. The van der Waals surface area contributed by atoms with Crippen LogP contribution >= 0.6 is 0 Å². The Morgan fingerprint density at radius 1 is 1.16 bits per heavy atom. The molecule has 1 aliphatic rings. The molecule has 2 rings (SSSR count). The summed E-state index contributed by atoms with van der Waals surface area (Å²) in [5, 5.41) is 2.51. The van der Waals surface area contributed by atoms with E-state index in [-0.39, 0.29) is 11.9 Å². The molecule has 0 aliphatic carbocycles. The highest BCUT2D eigenvalue weighted by atomic mass is 16.7. The Bertz CT molecular complexity index is 471. The first kappa shape index (κ1) is 14.0. The molecule has 19 heavy (non-hydrogen) atoms. The molecule has 1 aliphatic heterocycles. The highest BCUT2D eigenvalue weighted by Gasteiger charge is 2.51. The van der Waals surface area contributed by atoms with Gasteiger partial charge in [-0.3, -0.25) is 10.1 Å². The van der Waals surface area contributed by atoms with Crippen molar-refractivity contribution in [2.45, 2.75) is 45.8 Å². The molecule has 1 saturated heterocycles. The number of rotatable bonds is 2. The van der Waals surface area contributed by atoms with Crippen LogP contribution in [0.3, 0.4) is 0 Å². The lowest BCUT2D eigenvalue weighted by atomic mass is 9.81. The van der Waals surface area contributed by atoms with Crippen LogP contribution in [-0.4, -0.2) is 34.2 Å². The quantitative estimate of drug-likeness (QED) is 0.796. The van der Waals surface area contributed by atoms with Crippen molar-refractivity contribution in [2.75, 3.05) is 5.32 Å². The highest BCUT2D eigenvalue weighted by molar-refractivity contribution is 6.61. The van der Waals surface area contributed by atoms with E-state index in [0.717, 1.165) is 5.46 Å². The molecule has 1 fully saturated rings. The van der Waals surface area contributed by atoms with Crippen LogP contribution in [0, 0.1) is 0 Å². The molecule has 2 heterocycles. The third kappa shape index (κ3) is 2.77. The van der Waals surface area contributed by atoms with Gasteiger partial charge in [-0.05, 0) is 27.7 Å². The van der Waals surface area contributed by atoms with E-state index in [2.05, 4.69) is 15.3 Å². The summed E-state index contributed by atoms with van der Waals surface area (Å²) in [7, 11) is -0.489. The number of hydrogen-bond donors (Lipinski definition) is 1. The van der Waals surface area contributed by atoms with Crippen LogP contribution in [0.4, 0.5) is 5.95 Å². The molecule has 0 atom stereocenters. The number of nitrogens with zero attached hydrogens (tertiary/aromatic N) is 2. The minimum Gasteiger partial charge on any atom is -0.399 e. The molecule has 0 spiro atoms. The van der Waals surface area contributed by atoms with Gasteiger partial charge >= 0.3 is 7.12 Å². The number of nitrogens with one attached hydrogen (secondary N) is 1. The van der Waals surface area contributed by atoms with Crippen LogP contribution in [0.2, 0.25) is 0 Å². The topological polar surface area (TPSA) is 73.3 Å². The van der Waals surface area contributed by atoms with E-state index in [4.69, 9.17) is 9.31 Å². The van der Waals surface area contributed by atoms with E-state index in [1.165, 1.54) is 6.92 Å². The van der Waals surface area contributed by atoms with Gasteiger partial charge in [0.1, 0.15) is 0 Å². The number of amides is 1. The second-order valence-corrected chi connectivity index (χ2v) is 5.61. The minimum atomic E-state index is -0.489. The van der Waals surface area contributed by atoms with E-state index in [0.29, 0.717) is 0 Å². The molecule has 0 aromatic carbocycles. The lowest BCUT2D eigenvalue weighted by Crippen LogP contribution is -2.41. The van der Waals surface area contributed by atoms with Gasteiger partial charge in [0.2, 0.25) is 11.9 Å². The zero-order valence-electron chi connectivity index (χ0n) is 11.9. The fraction of sp³-hybridized carbons (Fsp3) is 0.583. The third-order valence-electron chi connectivity index (χ3n) is 3.49. The standard InChI is InChI=1S/C12H18BN3O3/c1-8(17)16-10-14-6-9(7-15-10)13-18-11(2,3)12(4,5)19-13/h6-7H,1-5H3,(H,14,15,16,17). The normalized spacial score (nSPS) is 20.4. The van der Waals surface area contributed by atoms with E-state index >= 15 is 0 Å². The average molecular weight is 263 g/mol. The van der Waals surface area contributed by atoms with Gasteiger partial charge in [0.05, 0.1) is 11.2 Å². The minimum absolute atomic E-state index is 0.205. The maximum Gasteiger partial charge on any atom is 0.498 e. The summed E-state index contributed by atoms with van der Waals surface area (Å²) in [6.07, 6.45) is 3.20. The van der Waals surface area contributed by atoms with E-state index in [1.807, 2.05) is 27.7 Å². The van der Waals surface area contributed by atoms with Crippen molar-refractivity contribution in [2.24, 2.45) is 0 Å². The highest BCUT2D eigenvalue weighted by Crippen LogP contribution is 2.36. The van der Waals surface area contributed by atoms with Gasteiger partial charge in [0.15, 0.2) is 0 Å². The van der Waals surface area contributed by atoms with Crippen LogP contribution in [0.1, 0.15) is 34.6 Å². The molecule has 0 bridgehead atoms. The Morgan fingerprint density at radius 2 is 1.63 bits per heavy atom. The number of carbonyl (C=O) groups is 1. The van der Waals surface area contributed by atoms with Crippen LogP contribution in [0.15, 0.2) is 12.4 Å². The average Bonchev–Trinajstić information content (AvgIpc) is 2.48. The predicted molar refractivity (Wildman–Crippen MR) is 72.1 cm³/mol. The first-order valence-corrected chi connectivity index (χ1v) is 6.16. The smallest absolute Gasteiger partial charge is 0.399 e. The fourth-order valence-corrected chi connectivity index (χ4v) is 1.66. The van der Waals surface area contributed by atoms with Crippen molar-refractivity contribution in [3.05, 3.63) is 12.4 Å². The van der Waals surface area contributed by atoms with Gasteiger partial charge in [0, 0.05) is 24.8 Å². The lowest BCUT2D eigenvalue weighted by molar-refractivity contribution is -0.114. The molecule has 102 valence electrons. The maximum atomic E-state index is 10.9. The summed E-state index contributed by atoms with van der Waals surface area (Å²) in [4.78, 5) is 19.0. The maximum absolute atomic E-state index is 10.9. The molecule has 0 unspecified atom stereocenters. The summed E-state index contributed by atoms with van der Waals surface area (Å²) >= 11 is 0. The summed E-state index contributed by atoms with van der Waals surface area (Å²) in [6.45, 7) is 9.35. The van der Waals surface area contributed by atoms with Crippen LogP contribution < -0.4 is 10.8 Å². The zero-order chi connectivity index (χ0) is 14.3. The predicted octanol–water partition coefficient (Wildman–Crippen LogP) is 0.734. The molecule has 1 amide bonds. The molecule has 7 heteroatoms. The van der Waals surface area contributed by atoms with Crippen molar-refractivity contribution in [3.63, 3.8) is 0 Å². The second-order valence-electron chi connectivity index (χ2n) is 5.61. The SMILES string of the molecule is CC(=O)Nc1ncc(B2OC(C)(C)C(C)(C)O2)cn1. The van der Waals surface area contributed by atoms with Gasteiger partial charge in [-0.2, -0.15) is 0 Å². The van der Waals surface area contributed by atoms with Gasteiger partial charge in [0.25, 0.3) is 0 Å². The summed E-state index contributed by atoms with van der Waals surface area (Å²) in [6, 6.07) is 0. The van der Waals surface area contributed by atoms with Gasteiger partial charge in [-0.1, -0.05) is 0 Å². The number of hydrogen-bond acceptors (Lipinski definition) is 5. The first-order chi connectivity index (χ1) is 8.71. The fourth-order valence-electron chi connectivity index (χ4n) is 1.66. The number of anilines is 1. The molecule has 1 aromatic rings. The molecule has 6 nitrogen and oxygen atoms in total. The molecular formula is C12H18BN3O3. The summed E-state index contributed by atoms with van der Waals surface area (Å²) in [5.74, 6) is 0.0659. The van der Waals surface area contributed by atoms with Gasteiger partial charge < -0.3 is 9.31 Å². The van der Waals surface area contributed by atoms with Crippen molar-refractivity contribution in [1.29, 1.82) is 0 Å². The van der Waals surface area contributed by atoms with Crippen LogP contribution in [0.5, 0.6) is 0 Å². The third-order valence-corrected chi connectivity index (χ3v) is 3.49. The zero-order valence-corrected chi connectivity index (χ0v) is 11.9. The Labute approximate surface area is 113 Å². The summed E-state index contributed by atoms with van der Waals surface area (Å²) < 4.78 is 11.8. The molecule has 0 saturated carbocycles. The lowest BCUT2D eigenvalue weighted by Gasteiger charge is -2.32. The van der Waals surface area contributed by atoms with Crippen LogP contribution in [0.25, 0.3) is 0 Å².